The summed E-state index contributed by atoms with van der Waals surface area (Å²) in [7, 11) is 0. The van der Waals surface area contributed by atoms with Crippen LogP contribution in [0.5, 0.6) is 0 Å². The molecule has 2 aliphatic rings. The number of fused-ring (bicyclic) bond motifs is 1. The van der Waals surface area contributed by atoms with Gasteiger partial charge >= 0.3 is 0 Å². The van der Waals surface area contributed by atoms with Gasteiger partial charge in [0.25, 0.3) is 0 Å². The minimum Gasteiger partial charge on any atom is -0.314 e. The van der Waals surface area contributed by atoms with Gasteiger partial charge in [0.2, 0.25) is 0 Å². The summed E-state index contributed by atoms with van der Waals surface area (Å²) in [4.78, 5) is 1.54. The molecule has 1 fully saturated rings. The zero-order valence-corrected chi connectivity index (χ0v) is 13.4. The van der Waals surface area contributed by atoms with Crippen molar-refractivity contribution in [3.05, 3.63) is 29.8 Å². The molecule has 1 aliphatic carbocycles. The van der Waals surface area contributed by atoms with E-state index in [-0.39, 0.29) is 0 Å². The molecule has 1 aromatic carbocycles. The van der Waals surface area contributed by atoms with Crippen LogP contribution in [0.1, 0.15) is 56.9 Å². The standard InChI is InChI=1S/C18H27NS/c1-2-19-16-8-4-3-7-14(12-16)11-15-13-20-18-10-6-5-9-17(15)18/h5-6,9-10,14-16,19H,2-4,7-8,11-13H2,1H3. The van der Waals surface area contributed by atoms with E-state index in [9.17, 15) is 0 Å². The highest BCUT2D eigenvalue weighted by Crippen LogP contribution is 2.44. The van der Waals surface area contributed by atoms with Crippen LogP contribution in [0.4, 0.5) is 0 Å². The third kappa shape index (κ3) is 3.40. The van der Waals surface area contributed by atoms with E-state index < -0.39 is 0 Å². The lowest BCUT2D eigenvalue weighted by Crippen LogP contribution is -2.30. The highest BCUT2D eigenvalue weighted by molar-refractivity contribution is 7.99. The molecule has 1 aliphatic heterocycles. The Morgan fingerprint density at radius 1 is 1.20 bits per heavy atom. The van der Waals surface area contributed by atoms with Gasteiger partial charge in [-0.3, -0.25) is 0 Å². The van der Waals surface area contributed by atoms with Gasteiger partial charge in [0.05, 0.1) is 0 Å². The molecule has 0 spiro atoms. The summed E-state index contributed by atoms with van der Waals surface area (Å²) in [6.45, 7) is 3.36. The van der Waals surface area contributed by atoms with Gasteiger partial charge in [-0.15, -0.1) is 11.8 Å². The number of rotatable bonds is 4. The summed E-state index contributed by atoms with van der Waals surface area (Å²) < 4.78 is 0. The van der Waals surface area contributed by atoms with Crippen LogP contribution in [-0.2, 0) is 0 Å². The molecule has 1 heterocycles. The molecule has 1 aromatic rings. The van der Waals surface area contributed by atoms with Crippen molar-refractivity contribution in [1.29, 1.82) is 0 Å². The Morgan fingerprint density at radius 3 is 2.95 bits per heavy atom. The first-order chi connectivity index (χ1) is 9.86. The number of hydrogen-bond acceptors (Lipinski definition) is 2. The van der Waals surface area contributed by atoms with Gasteiger partial charge in [-0.25, -0.2) is 0 Å². The van der Waals surface area contributed by atoms with Crippen LogP contribution < -0.4 is 5.32 Å². The fourth-order valence-corrected chi connectivity index (χ4v) is 5.25. The van der Waals surface area contributed by atoms with Gasteiger partial charge in [-0.2, -0.15) is 0 Å². The molecule has 2 heteroatoms. The second-order valence-corrected chi connectivity index (χ2v) is 7.48. The molecule has 0 radical (unpaired) electrons. The van der Waals surface area contributed by atoms with Gasteiger partial charge in [-0.1, -0.05) is 44.4 Å². The normalized spacial score (nSPS) is 29.9. The highest BCUT2D eigenvalue weighted by atomic mass is 32.2. The van der Waals surface area contributed by atoms with Crippen LogP contribution in [0, 0.1) is 5.92 Å². The first-order valence-corrected chi connectivity index (χ1v) is 9.30. The van der Waals surface area contributed by atoms with Crippen molar-refractivity contribution in [2.75, 3.05) is 12.3 Å². The second-order valence-electron chi connectivity index (χ2n) is 6.42. The van der Waals surface area contributed by atoms with Crippen LogP contribution in [0.3, 0.4) is 0 Å². The molecule has 3 atom stereocenters. The van der Waals surface area contributed by atoms with Crippen molar-refractivity contribution in [3.63, 3.8) is 0 Å². The Balaban J connectivity index is 1.62. The summed E-state index contributed by atoms with van der Waals surface area (Å²) in [6.07, 6.45) is 8.51. The van der Waals surface area contributed by atoms with Crippen molar-refractivity contribution < 1.29 is 0 Å². The summed E-state index contributed by atoms with van der Waals surface area (Å²) in [5, 5.41) is 3.69. The van der Waals surface area contributed by atoms with Gasteiger partial charge in [-0.05, 0) is 49.3 Å². The molecule has 0 aromatic heterocycles. The van der Waals surface area contributed by atoms with Gasteiger partial charge in [0.15, 0.2) is 0 Å². The van der Waals surface area contributed by atoms with E-state index in [1.807, 2.05) is 0 Å². The average Bonchev–Trinajstić information content (AvgIpc) is 2.73. The minimum atomic E-state index is 0.775. The summed E-state index contributed by atoms with van der Waals surface area (Å²) in [5.74, 6) is 3.04. The molecule has 1 saturated carbocycles. The van der Waals surface area contributed by atoms with E-state index >= 15 is 0 Å². The van der Waals surface area contributed by atoms with E-state index in [0.29, 0.717) is 0 Å². The Labute approximate surface area is 127 Å². The first kappa shape index (κ1) is 14.5. The van der Waals surface area contributed by atoms with Crippen molar-refractivity contribution in [2.24, 2.45) is 5.92 Å². The average molecular weight is 289 g/mol. The molecule has 3 rings (SSSR count). The van der Waals surface area contributed by atoms with Gasteiger partial charge in [0.1, 0.15) is 0 Å². The Kier molecular flexibility index (Phi) is 5.06. The van der Waals surface area contributed by atoms with E-state index in [2.05, 4.69) is 48.3 Å². The molecule has 0 bridgehead atoms. The molecule has 110 valence electrons. The Bertz CT molecular complexity index is 431. The SMILES string of the molecule is CCNC1CCCCC(CC2CSc3ccccc32)C1. The van der Waals surface area contributed by atoms with Crippen LogP contribution in [0.15, 0.2) is 29.2 Å². The molecule has 20 heavy (non-hydrogen) atoms. The molecule has 0 saturated heterocycles. The smallest absolute Gasteiger partial charge is 0.0107 e. The predicted molar refractivity (Wildman–Crippen MR) is 88.6 cm³/mol. The lowest BCUT2D eigenvalue weighted by Gasteiger charge is -2.23. The maximum atomic E-state index is 3.69. The number of thioether (sulfide) groups is 1. The number of hydrogen-bond donors (Lipinski definition) is 1. The largest absolute Gasteiger partial charge is 0.314 e. The summed E-state index contributed by atoms with van der Waals surface area (Å²) in [6, 6.07) is 9.83. The summed E-state index contributed by atoms with van der Waals surface area (Å²) in [5.41, 5.74) is 1.63. The lowest BCUT2D eigenvalue weighted by atomic mass is 9.85. The molecular formula is C18H27NS. The first-order valence-electron chi connectivity index (χ1n) is 8.32. The molecule has 1 nitrogen and oxygen atoms in total. The van der Waals surface area contributed by atoms with Crippen molar-refractivity contribution in [1.82, 2.24) is 5.32 Å². The number of nitrogens with one attached hydrogen (secondary N) is 1. The van der Waals surface area contributed by atoms with Crippen LogP contribution in [0.2, 0.25) is 0 Å². The van der Waals surface area contributed by atoms with Gasteiger partial charge < -0.3 is 5.32 Å². The summed E-state index contributed by atoms with van der Waals surface area (Å²) >= 11 is 2.07. The Morgan fingerprint density at radius 2 is 2.05 bits per heavy atom. The third-order valence-electron chi connectivity index (χ3n) is 4.94. The Hall–Kier alpha value is -0.470. The topological polar surface area (TPSA) is 12.0 Å². The van der Waals surface area contributed by atoms with Crippen LogP contribution >= 0.6 is 11.8 Å². The third-order valence-corrected chi connectivity index (χ3v) is 6.19. The monoisotopic (exact) mass is 289 g/mol. The van der Waals surface area contributed by atoms with E-state index in [0.717, 1.165) is 24.4 Å². The number of benzene rings is 1. The predicted octanol–water partition coefficient (Wildman–Crippen LogP) is 4.82. The maximum Gasteiger partial charge on any atom is 0.0107 e. The fraction of sp³-hybridized carbons (Fsp3) is 0.667. The quantitative estimate of drug-likeness (QED) is 0.797. The lowest BCUT2D eigenvalue weighted by molar-refractivity contribution is 0.356. The van der Waals surface area contributed by atoms with Crippen LogP contribution in [-0.4, -0.2) is 18.3 Å². The molecule has 1 N–H and O–H groups in total. The van der Waals surface area contributed by atoms with Crippen molar-refractivity contribution in [3.8, 4) is 0 Å². The maximum absolute atomic E-state index is 3.69. The van der Waals surface area contributed by atoms with Gasteiger partial charge in [0, 0.05) is 16.7 Å². The van der Waals surface area contributed by atoms with Crippen molar-refractivity contribution in [2.45, 2.75) is 62.3 Å². The second kappa shape index (κ2) is 7.00. The van der Waals surface area contributed by atoms with E-state index in [4.69, 9.17) is 0 Å². The zero-order valence-electron chi connectivity index (χ0n) is 12.6. The van der Waals surface area contributed by atoms with Crippen LogP contribution in [0.25, 0.3) is 0 Å². The zero-order chi connectivity index (χ0) is 13.8. The fourth-order valence-electron chi connectivity index (χ4n) is 3.98. The highest BCUT2D eigenvalue weighted by Gasteiger charge is 2.27. The van der Waals surface area contributed by atoms with E-state index in [1.54, 1.807) is 5.56 Å². The van der Waals surface area contributed by atoms with E-state index in [1.165, 1.54) is 49.2 Å². The molecular weight excluding hydrogens is 262 g/mol. The molecule has 0 amide bonds. The van der Waals surface area contributed by atoms with Crippen molar-refractivity contribution >= 4 is 11.8 Å². The molecule has 3 unspecified atom stereocenters. The minimum absolute atomic E-state index is 0.775.